The number of anilines is 1. The quantitative estimate of drug-likeness (QED) is 0.756. The van der Waals surface area contributed by atoms with Gasteiger partial charge in [0.15, 0.2) is 0 Å². The standard InChI is InChI=1S/C10H14N4O2/c15-10(16)8-13-3-5-14(6-4-13)9-7-11-1-2-12-9/h1-2,7H,3-6,8H2,(H,15,16). The van der Waals surface area contributed by atoms with Crippen LogP contribution >= 0.6 is 0 Å². The van der Waals surface area contributed by atoms with Gasteiger partial charge in [-0.25, -0.2) is 4.98 Å². The van der Waals surface area contributed by atoms with Gasteiger partial charge in [0.05, 0.1) is 12.7 Å². The van der Waals surface area contributed by atoms with Gasteiger partial charge in [-0.2, -0.15) is 0 Å². The summed E-state index contributed by atoms with van der Waals surface area (Å²) in [5, 5.41) is 8.67. The second-order valence-corrected chi connectivity index (χ2v) is 3.72. The molecule has 0 amide bonds. The highest BCUT2D eigenvalue weighted by Gasteiger charge is 2.19. The summed E-state index contributed by atoms with van der Waals surface area (Å²) < 4.78 is 0. The van der Waals surface area contributed by atoms with Gasteiger partial charge in [-0.1, -0.05) is 0 Å². The van der Waals surface area contributed by atoms with Crippen LogP contribution in [0.25, 0.3) is 0 Å². The Bertz CT molecular complexity index is 349. The van der Waals surface area contributed by atoms with E-state index in [9.17, 15) is 4.79 Å². The second kappa shape index (κ2) is 4.89. The van der Waals surface area contributed by atoms with Crippen molar-refractivity contribution in [2.24, 2.45) is 0 Å². The molecule has 0 aliphatic carbocycles. The molecule has 6 nitrogen and oxygen atoms in total. The molecule has 1 N–H and O–H groups in total. The molecule has 86 valence electrons. The summed E-state index contributed by atoms with van der Waals surface area (Å²) in [5.74, 6) is 0.0884. The summed E-state index contributed by atoms with van der Waals surface area (Å²) in [4.78, 5) is 22.8. The molecule has 2 rings (SSSR count). The summed E-state index contributed by atoms with van der Waals surface area (Å²) in [6.07, 6.45) is 5.04. The number of rotatable bonds is 3. The highest BCUT2D eigenvalue weighted by atomic mass is 16.4. The van der Waals surface area contributed by atoms with E-state index in [-0.39, 0.29) is 6.54 Å². The van der Waals surface area contributed by atoms with Crippen molar-refractivity contribution in [2.45, 2.75) is 0 Å². The maximum Gasteiger partial charge on any atom is 0.317 e. The van der Waals surface area contributed by atoms with Crippen LogP contribution in [0.1, 0.15) is 0 Å². The number of carboxylic acids is 1. The monoisotopic (exact) mass is 222 g/mol. The molecule has 0 atom stereocenters. The Balaban J connectivity index is 1.88. The highest BCUT2D eigenvalue weighted by molar-refractivity contribution is 5.69. The number of aliphatic carboxylic acids is 1. The van der Waals surface area contributed by atoms with Gasteiger partial charge in [0, 0.05) is 38.6 Å². The summed E-state index contributed by atoms with van der Waals surface area (Å²) >= 11 is 0. The van der Waals surface area contributed by atoms with Crippen molar-refractivity contribution in [2.75, 3.05) is 37.6 Å². The predicted molar refractivity (Wildman–Crippen MR) is 58.3 cm³/mol. The molecule has 0 bridgehead atoms. The lowest BCUT2D eigenvalue weighted by atomic mass is 10.3. The Kier molecular flexibility index (Phi) is 3.31. The fourth-order valence-corrected chi connectivity index (χ4v) is 1.78. The third kappa shape index (κ3) is 2.66. The summed E-state index contributed by atoms with van der Waals surface area (Å²) in [5.41, 5.74) is 0. The molecule has 0 aromatic carbocycles. The number of nitrogens with zero attached hydrogens (tertiary/aromatic N) is 4. The van der Waals surface area contributed by atoms with Gasteiger partial charge >= 0.3 is 5.97 Å². The van der Waals surface area contributed by atoms with Crippen LogP contribution in [0.4, 0.5) is 5.82 Å². The van der Waals surface area contributed by atoms with Crippen LogP contribution in [-0.2, 0) is 4.79 Å². The van der Waals surface area contributed by atoms with E-state index in [0.717, 1.165) is 32.0 Å². The Labute approximate surface area is 93.5 Å². The molecule has 16 heavy (non-hydrogen) atoms. The second-order valence-electron chi connectivity index (χ2n) is 3.72. The zero-order valence-corrected chi connectivity index (χ0v) is 8.91. The largest absolute Gasteiger partial charge is 0.480 e. The molecule has 2 heterocycles. The molecule has 1 fully saturated rings. The number of carboxylic acid groups (broad SMARTS) is 1. The number of hydrogen-bond acceptors (Lipinski definition) is 5. The van der Waals surface area contributed by atoms with Gasteiger partial charge < -0.3 is 10.0 Å². The minimum absolute atomic E-state index is 0.119. The van der Waals surface area contributed by atoms with Crippen LogP contribution in [-0.4, -0.2) is 58.7 Å². The fraction of sp³-hybridized carbons (Fsp3) is 0.500. The predicted octanol–water partition coefficient (Wildman–Crippen LogP) is -0.317. The van der Waals surface area contributed by atoms with Gasteiger partial charge in [-0.3, -0.25) is 14.7 Å². The van der Waals surface area contributed by atoms with Crippen molar-refractivity contribution in [1.82, 2.24) is 14.9 Å². The average molecular weight is 222 g/mol. The first-order valence-corrected chi connectivity index (χ1v) is 5.21. The smallest absolute Gasteiger partial charge is 0.317 e. The normalized spacial score (nSPS) is 17.4. The van der Waals surface area contributed by atoms with E-state index in [1.807, 2.05) is 4.90 Å². The van der Waals surface area contributed by atoms with Crippen LogP contribution < -0.4 is 4.90 Å². The van der Waals surface area contributed by atoms with Gasteiger partial charge in [0.25, 0.3) is 0 Å². The molecule has 1 aliphatic rings. The van der Waals surface area contributed by atoms with Crippen LogP contribution in [0.15, 0.2) is 18.6 Å². The maximum atomic E-state index is 10.5. The summed E-state index contributed by atoms with van der Waals surface area (Å²) in [6.45, 7) is 3.22. The van der Waals surface area contributed by atoms with Crippen molar-refractivity contribution in [1.29, 1.82) is 0 Å². The Morgan fingerprint density at radius 3 is 2.62 bits per heavy atom. The van der Waals surface area contributed by atoms with Gasteiger partial charge in [-0.05, 0) is 0 Å². The summed E-state index contributed by atoms with van der Waals surface area (Å²) in [7, 11) is 0. The Morgan fingerprint density at radius 2 is 2.06 bits per heavy atom. The molecule has 1 aromatic rings. The van der Waals surface area contributed by atoms with E-state index in [4.69, 9.17) is 5.11 Å². The molecule has 1 aliphatic heterocycles. The highest BCUT2D eigenvalue weighted by Crippen LogP contribution is 2.10. The first kappa shape index (κ1) is 10.8. The Morgan fingerprint density at radius 1 is 1.31 bits per heavy atom. The molecule has 1 saturated heterocycles. The minimum atomic E-state index is -0.770. The number of aromatic nitrogens is 2. The van der Waals surface area contributed by atoms with Crippen molar-refractivity contribution in [3.05, 3.63) is 18.6 Å². The molecule has 0 radical (unpaired) electrons. The zero-order valence-electron chi connectivity index (χ0n) is 8.91. The number of piperazine rings is 1. The van der Waals surface area contributed by atoms with E-state index < -0.39 is 5.97 Å². The molecule has 1 aromatic heterocycles. The first-order valence-electron chi connectivity index (χ1n) is 5.21. The van der Waals surface area contributed by atoms with Gasteiger partial charge in [-0.15, -0.1) is 0 Å². The van der Waals surface area contributed by atoms with E-state index in [0.29, 0.717) is 0 Å². The molecule has 0 saturated carbocycles. The lowest BCUT2D eigenvalue weighted by Gasteiger charge is -2.34. The lowest BCUT2D eigenvalue weighted by molar-refractivity contribution is -0.138. The Hall–Kier alpha value is -1.69. The van der Waals surface area contributed by atoms with Crippen molar-refractivity contribution in [3.8, 4) is 0 Å². The average Bonchev–Trinajstić information content (AvgIpc) is 2.30. The van der Waals surface area contributed by atoms with Crippen LogP contribution in [0, 0.1) is 0 Å². The number of hydrogen-bond donors (Lipinski definition) is 1. The zero-order chi connectivity index (χ0) is 11.4. The van der Waals surface area contributed by atoms with Crippen molar-refractivity contribution >= 4 is 11.8 Å². The van der Waals surface area contributed by atoms with E-state index in [1.54, 1.807) is 18.6 Å². The third-order valence-corrected chi connectivity index (χ3v) is 2.60. The lowest BCUT2D eigenvalue weighted by Crippen LogP contribution is -2.48. The van der Waals surface area contributed by atoms with E-state index in [1.165, 1.54) is 0 Å². The van der Waals surface area contributed by atoms with Gasteiger partial charge in [0.1, 0.15) is 5.82 Å². The molecule has 6 heteroatoms. The number of carbonyl (C=O) groups is 1. The van der Waals surface area contributed by atoms with Crippen LogP contribution in [0.3, 0.4) is 0 Å². The van der Waals surface area contributed by atoms with Crippen molar-refractivity contribution < 1.29 is 9.90 Å². The van der Waals surface area contributed by atoms with E-state index in [2.05, 4.69) is 14.9 Å². The molecular weight excluding hydrogens is 208 g/mol. The first-order chi connectivity index (χ1) is 7.75. The third-order valence-electron chi connectivity index (χ3n) is 2.60. The van der Waals surface area contributed by atoms with Crippen LogP contribution in [0.2, 0.25) is 0 Å². The van der Waals surface area contributed by atoms with E-state index >= 15 is 0 Å². The fourth-order valence-electron chi connectivity index (χ4n) is 1.78. The minimum Gasteiger partial charge on any atom is -0.480 e. The topological polar surface area (TPSA) is 69.6 Å². The van der Waals surface area contributed by atoms with Gasteiger partial charge in [0.2, 0.25) is 0 Å². The molecule has 0 spiro atoms. The summed E-state index contributed by atoms with van der Waals surface area (Å²) in [6, 6.07) is 0. The maximum absolute atomic E-state index is 10.5. The molecular formula is C10H14N4O2. The van der Waals surface area contributed by atoms with Crippen molar-refractivity contribution in [3.63, 3.8) is 0 Å². The molecule has 0 unspecified atom stereocenters. The SMILES string of the molecule is O=C(O)CN1CCN(c2cnccn2)CC1. The van der Waals surface area contributed by atoms with Crippen LogP contribution in [0.5, 0.6) is 0 Å².